The van der Waals surface area contributed by atoms with Crippen LogP contribution in [-0.4, -0.2) is 11.0 Å². The first-order chi connectivity index (χ1) is 10.4. The molecule has 0 spiro atoms. The van der Waals surface area contributed by atoms with Gasteiger partial charge in [0.25, 0.3) is 5.92 Å². The summed E-state index contributed by atoms with van der Waals surface area (Å²) in [4.78, 5) is 0. The number of aryl methyl sites for hydroxylation is 1. The lowest BCUT2D eigenvalue weighted by atomic mass is 9.91. The van der Waals surface area contributed by atoms with E-state index in [-0.39, 0.29) is 30.6 Å². The Kier molecular flexibility index (Phi) is 3.51. The van der Waals surface area contributed by atoms with Crippen molar-refractivity contribution in [3.05, 3.63) is 41.0 Å². The third-order valence-corrected chi connectivity index (χ3v) is 4.10. The molecule has 1 aliphatic rings. The first-order valence-electron chi connectivity index (χ1n) is 7.31. The Bertz CT molecular complexity index is 821. The Morgan fingerprint density at radius 2 is 2.09 bits per heavy atom. The van der Waals surface area contributed by atoms with E-state index in [0.717, 1.165) is 5.57 Å². The van der Waals surface area contributed by atoms with E-state index in [2.05, 4.69) is 0 Å². The summed E-state index contributed by atoms with van der Waals surface area (Å²) in [6, 6.07) is 5.03. The van der Waals surface area contributed by atoms with Crippen LogP contribution < -0.4 is 5.55 Å². The van der Waals surface area contributed by atoms with Gasteiger partial charge >= 0.3 is 0 Å². The number of alkyl halides is 2. The van der Waals surface area contributed by atoms with Crippen molar-refractivity contribution in [2.24, 2.45) is 0 Å². The van der Waals surface area contributed by atoms with Crippen LogP contribution in [0.5, 0.6) is 5.75 Å². The van der Waals surface area contributed by atoms with Gasteiger partial charge < -0.3 is 9.52 Å². The van der Waals surface area contributed by atoms with E-state index in [1.165, 1.54) is 6.08 Å². The lowest BCUT2D eigenvalue weighted by molar-refractivity contribution is -0.00602. The zero-order chi connectivity index (χ0) is 15.9. The van der Waals surface area contributed by atoms with E-state index in [9.17, 15) is 13.9 Å². The lowest BCUT2D eigenvalue weighted by Gasteiger charge is -2.21. The highest BCUT2D eigenvalue weighted by atomic mass is 19.3. The molecule has 0 amide bonds. The zero-order valence-corrected chi connectivity index (χ0v) is 12.2. The van der Waals surface area contributed by atoms with Crippen LogP contribution in [0.4, 0.5) is 8.78 Å². The summed E-state index contributed by atoms with van der Waals surface area (Å²) in [7, 11) is 0. The van der Waals surface area contributed by atoms with Gasteiger partial charge in [-0.25, -0.2) is 8.78 Å². The Hall–Kier alpha value is -2.17. The molecule has 1 aromatic heterocycles. The molecule has 0 saturated heterocycles. The van der Waals surface area contributed by atoms with Gasteiger partial charge in [0.2, 0.25) is 5.55 Å². The van der Waals surface area contributed by atoms with Crippen molar-refractivity contribution in [2.45, 2.75) is 38.5 Å². The average Bonchev–Trinajstić information content (AvgIpc) is 2.46. The van der Waals surface area contributed by atoms with Crippen LogP contribution in [0.3, 0.4) is 0 Å². The van der Waals surface area contributed by atoms with Crippen molar-refractivity contribution in [1.29, 1.82) is 5.41 Å². The number of hydrogen-bond donors (Lipinski definition) is 2. The van der Waals surface area contributed by atoms with Gasteiger partial charge in [-0.2, -0.15) is 0 Å². The van der Waals surface area contributed by atoms with E-state index >= 15 is 0 Å². The Balaban J connectivity index is 2.10. The minimum absolute atomic E-state index is 0.0455. The van der Waals surface area contributed by atoms with Gasteiger partial charge in [0, 0.05) is 18.4 Å². The molecule has 5 heteroatoms. The summed E-state index contributed by atoms with van der Waals surface area (Å²) in [6.45, 7) is 1.91. The molecule has 0 bridgehead atoms. The molecule has 1 aliphatic carbocycles. The summed E-state index contributed by atoms with van der Waals surface area (Å²) < 4.78 is 31.9. The standard InChI is InChI=1S/C17H17F2NO2/c1-2-10-7-13-14(21)8-12(9-15(13)22-16(10)20)11-3-5-17(18,19)6-4-11/h3,7-9,20-21H,2,4-6H2,1H3. The van der Waals surface area contributed by atoms with Gasteiger partial charge in [-0.1, -0.05) is 13.0 Å². The second kappa shape index (κ2) is 5.23. The average molecular weight is 305 g/mol. The summed E-state index contributed by atoms with van der Waals surface area (Å²) >= 11 is 0. The van der Waals surface area contributed by atoms with Gasteiger partial charge in [-0.3, -0.25) is 5.41 Å². The molecule has 0 saturated carbocycles. The third-order valence-electron chi connectivity index (χ3n) is 4.10. The van der Waals surface area contributed by atoms with Gasteiger partial charge in [0.1, 0.15) is 11.3 Å². The second-order valence-electron chi connectivity index (χ2n) is 5.65. The van der Waals surface area contributed by atoms with E-state index in [1.807, 2.05) is 6.92 Å². The largest absolute Gasteiger partial charge is 0.507 e. The normalized spacial score (nSPS) is 17.5. The predicted octanol–water partition coefficient (Wildman–Crippen LogP) is 4.38. The number of halogens is 2. The highest BCUT2D eigenvalue weighted by Crippen LogP contribution is 2.38. The molecule has 0 fully saturated rings. The van der Waals surface area contributed by atoms with E-state index in [0.29, 0.717) is 28.5 Å². The number of nitrogens with one attached hydrogen (secondary N) is 1. The number of phenolic OH excluding ortho intramolecular Hbond substituents is 1. The highest BCUT2D eigenvalue weighted by molar-refractivity contribution is 5.87. The van der Waals surface area contributed by atoms with Gasteiger partial charge in [-0.15, -0.1) is 0 Å². The molecule has 22 heavy (non-hydrogen) atoms. The van der Waals surface area contributed by atoms with Gasteiger partial charge in [-0.05, 0) is 42.2 Å². The first kappa shape index (κ1) is 14.8. The number of fused-ring (bicyclic) bond motifs is 1. The number of phenols is 1. The second-order valence-corrected chi connectivity index (χ2v) is 5.65. The maximum atomic E-state index is 13.2. The van der Waals surface area contributed by atoms with Crippen LogP contribution in [-0.2, 0) is 6.42 Å². The fourth-order valence-electron chi connectivity index (χ4n) is 2.76. The quantitative estimate of drug-likeness (QED) is 0.865. The van der Waals surface area contributed by atoms with Gasteiger partial charge in [0.15, 0.2) is 0 Å². The fraction of sp³-hybridized carbons (Fsp3) is 0.353. The van der Waals surface area contributed by atoms with E-state index < -0.39 is 5.92 Å². The Morgan fingerprint density at radius 1 is 1.32 bits per heavy atom. The molecule has 0 aliphatic heterocycles. The molecule has 1 heterocycles. The number of allylic oxidation sites excluding steroid dienone is 2. The third kappa shape index (κ3) is 2.63. The number of hydrogen-bond acceptors (Lipinski definition) is 3. The van der Waals surface area contributed by atoms with Crippen molar-refractivity contribution in [2.75, 3.05) is 0 Å². The summed E-state index contributed by atoms with van der Waals surface area (Å²) in [5.74, 6) is -2.60. The first-order valence-corrected chi connectivity index (χ1v) is 7.31. The van der Waals surface area contributed by atoms with Crippen molar-refractivity contribution in [3.8, 4) is 5.75 Å². The summed E-state index contributed by atoms with van der Waals surface area (Å²) in [5, 5.41) is 18.6. The molecule has 116 valence electrons. The van der Waals surface area contributed by atoms with Crippen LogP contribution in [0, 0.1) is 5.41 Å². The van der Waals surface area contributed by atoms with Crippen molar-refractivity contribution in [1.82, 2.24) is 0 Å². The molecule has 1 aromatic carbocycles. The lowest BCUT2D eigenvalue weighted by Crippen LogP contribution is -2.18. The maximum absolute atomic E-state index is 13.2. The minimum atomic E-state index is -2.64. The minimum Gasteiger partial charge on any atom is -0.507 e. The molecule has 0 atom stereocenters. The van der Waals surface area contributed by atoms with E-state index in [4.69, 9.17) is 9.83 Å². The van der Waals surface area contributed by atoms with Crippen molar-refractivity contribution in [3.63, 3.8) is 0 Å². The smallest absolute Gasteiger partial charge is 0.251 e. The van der Waals surface area contributed by atoms with Crippen molar-refractivity contribution < 1.29 is 18.3 Å². The van der Waals surface area contributed by atoms with Crippen LogP contribution in [0.1, 0.15) is 37.3 Å². The van der Waals surface area contributed by atoms with E-state index in [1.54, 1.807) is 18.2 Å². The Morgan fingerprint density at radius 3 is 2.73 bits per heavy atom. The van der Waals surface area contributed by atoms with Crippen LogP contribution in [0.25, 0.3) is 16.5 Å². The fourth-order valence-corrected chi connectivity index (χ4v) is 2.76. The van der Waals surface area contributed by atoms with Crippen LogP contribution in [0.2, 0.25) is 0 Å². The molecule has 0 radical (unpaired) electrons. The number of rotatable bonds is 2. The molecular formula is C17H17F2NO2. The number of benzene rings is 1. The molecule has 3 rings (SSSR count). The molecule has 0 unspecified atom stereocenters. The molecule has 2 aromatic rings. The zero-order valence-electron chi connectivity index (χ0n) is 12.2. The van der Waals surface area contributed by atoms with Crippen molar-refractivity contribution >= 4 is 16.5 Å². The predicted molar refractivity (Wildman–Crippen MR) is 79.9 cm³/mol. The number of aromatic hydroxyl groups is 1. The SMILES string of the molecule is CCc1cc2c(O)cc(C3=CCC(F)(F)CC3)cc2oc1=N. The van der Waals surface area contributed by atoms with Crippen LogP contribution in [0.15, 0.2) is 28.7 Å². The van der Waals surface area contributed by atoms with Crippen LogP contribution >= 0.6 is 0 Å². The van der Waals surface area contributed by atoms with Gasteiger partial charge in [0.05, 0.1) is 5.39 Å². The summed E-state index contributed by atoms with van der Waals surface area (Å²) in [5.41, 5.74) is 2.63. The highest BCUT2D eigenvalue weighted by Gasteiger charge is 2.31. The molecule has 2 N–H and O–H groups in total. The monoisotopic (exact) mass is 305 g/mol. The summed E-state index contributed by atoms with van der Waals surface area (Å²) in [6.07, 6.45) is 1.95. The molecular weight excluding hydrogens is 288 g/mol. The molecule has 3 nitrogen and oxygen atoms in total. The Labute approximate surface area is 126 Å². The topological polar surface area (TPSA) is 57.2 Å². The maximum Gasteiger partial charge on any atom is 0.251 e.